The molecule has 1 rings (SSSR count). The van der Waals surface area contributed by atoms with Gasteiger partial charge >= 0.3 is 17.9 Å². The van der Waals surface area contributed by atoms with Gasteiger partial charge in [0.25, 0.3) is 5.91 Å². The molecule has 0 atom stereocenters. The second kappa shape index (κ2) is 10.7. The summed E-state index contributed by atoms with van der Waals surface area (Å²) in [5.41, 5.74) is -1.13. The van der Waals surface area contributed by atoms with Crippen molar-refractivity contribution in [2.24, 2.45) is 0 Å². The van der Waals surface area contributed by atoms with Crippen molar-refractivity contribution in [2.75, 3.05) is 19.8 Å². The molecule has 0 saturated heterocycles. The summed E-state index contributed by atoms with van der Waals surface area (Å²) in [6, 6.07) is 7.97. The summed E-state index contributed by atoms with van der Waals surface area (Å²) in [5.74, 6) is -3.93. The summed E-state index contributed by atoms with van der Waals surface area (Å²) in [7, 11) is 0. The van der Waals surface area contributed by atoms with Crippen molar-refractivity contribution in [1.82, 2.24) is 5.32 Å². The third kappa shape index (κ3) is 5.73. The summed E-state index contributed by atoms with van der Waals surface area (Å²) < 4.78 is 14.5. The fourth-order valence-electron chi connectivity index (χ4n) is 1.89. The minimum Gasteiger partial charge on any atom is -0.462 e. The summed E-state index contributed by atoms with van der Waals surface area (Å²) in [6.45, 7) is 4.51. The normalized spacial score (nSPS) is 9.65. The van der Waals surface area contributed by atoms with Gasteiger partial charge in [0.1, 0.15) is 5.70 Å². The minimum atomic E-state index is -1.10. The van der Waals surface area contributed by atoms with Gasteiger partial charge in [-0.15, -0.1) is 0 Å². The topological polar surface area (TPSA) is 108 Å². The van der Waals surface area contributed by atoms with Crippen LogP contribution in [0.1, 0.15) is 31.1 Å². The predicted octanol–water partition coefficient (Wildman–Crippen LogP) is 1.36. The Morgan fingerprint density at radius 3 is 1.69 bits per heavy atom. The molecule has 0 heterocycles. The number of carbonyl (C=O) groups excluding carboxylic acids is 4. The van der Waals surface area contributed by atoms with Crippen LogP contribution in [0.25, 0.3) is 0 Å². The lowest BCUT2D eigenvalue weighted by Gasteiger charge is -2.14. The average molecular weight is 363 g/mol. The molecule has 0 saturated carbocycles. The third-order valence-electron chi connectivity index (χ3n) is 2.96. The molecule has 0 aliphatic rings. The first-order valence-electron chi connectivity index (χ1n) is 8.08. The van der Waals surface area contributed by atoms with Gasteiger partial charge in [-0.3, -0.25) is 4.79 Å². The van der Waals surface area contributed by atoms with E-state index in [-0.39, 0.29) is 25.4 Å². The van der Waals surface area contributed by atoms with E-state index in [2.05, 4.69) is 5.32 Å². The molecule has 0 radical (unpaired) electrons. The van der Waals surface area contributed by atoms with Crippen molar-refractivity contribution in [3.05, 3.63) is 47.2 Å². The van der Waals surface area contributed by atoms with E-state index < -0.39 is 35.1 Å². The van der Waals surface area contributed by atoms with Crippen LogP contribution in [0.5, 0.6) is 0 Å². The average Bonchev–Trinajstić information content (AvgIpc) is 2.62. The molecular formula is C18H21NO7. The standard InChI is InChI=1S/C18H21NO7/c1-4-24-16(21)13(17(22)25-5-2)14(18(23)26-6-3)19-15(20)12-10-8-7-9-11-12/h7-11H,4-6H2,1-3H3,(H,19,20). The second-order valence-electron chi connectivity index (χ2n) is 4.73. The van der Waals surface area contributed by atoms with Crippen molar-refractivity contribution in [2.45, 2.75) is 20.8 Å². The fraction of sp³-hybridized carbons (Fsp3) is 0.333. The maximum absolute atomic E-state index is 12.4. The highest BCUT2D eigenvalue weighted by Crippen LogP contribution is 2.11. The number of hydrogen-bond donors (Lipinski definition) is 1. The molecule has 1 N–H and O–H groups in total. The second-order valence-corrected chi connectivity index (χ2v) is 4.73. The number of hydrogen-bond acceptors (Lipinski definition) is 7. The van der Waals surface area contributed by atoms with Crippen LogP contribution in [0.2, 0.25) is 0 Å². The van der Waals surface area contributed by atoms with Crippen molar-refractivity contribution < 1.29 is 33.4 Å². The Balaban J connectivity index is 3.38. The number of amides is 1. The summed E-state index contributed by atoms with van der Waals surface area (Å²) in [5, 5.41) is 2.26. The summed E-state index contributed by atoms with van der Waals surface area (Å²) in [4.78, 5) is 49.0. The zero-order valence-corrected chi connectivity index (χ0v) is 14.9. The highest BCUT2D eigenvalue weighted by Gasteiger charge is 2.32. The predicted molar refractivity (Wildman–Crippen MR) is 90.8 cm³/mol. The Morgan fingerprint density at radius 1 is 0.769 bits per heavy atom. The molecule has 0 spiro atoms. The fourth-order valence-corrected chi connectivity index (χ4v) is 1.89. The SMILES string of the molecule is CCOC(=O)C(NC(=O)c1ccccc1)=C(C(=O)OCC)C(=O)OCC. The minimum absolute atomic E-state index is 0.0253. The van der Waals surface area contributed by atoms with E-state index in [4.69, 9.17) is 14.2 Å². The molecule has 1 amide bonds. The van der Waals surface area contributed by atoms with Gasteiger partial charge in [0, 0.05) is 5.56 Å². The number of rotatable bonds is 8. The number of ether oxygens (including phenoxy) is 3. The van der Waals surface area contributed by atoms with Crippen LogP contribution in [0, 0.1) is 0 Å². The van der Waals surface area contributed by atoms with Gasteiger partial charge < -0.3 is 19.5 Å². The van der Waals surface area contributed by atoms with Crippen LogP contribution in [0.15, 0.2) is 41.6 Å². The first-order valence-corrected chi connectivity index (χ1v) is 8.08. The molecule has 0 fully saturated rings. The van der Waals surface area contributed by atoms with Crippen molar-refractivity contribution in [3.63, 3.8) is 0 Å². The zero-order chi connectivity index (χ0) is 19.5. The lowest BCUT2D eigenvalue weighted by atomic mass is 10.1. The van der Waals surface area contributed by atoms with Gasteiger partial charge in [0.2, 0.25) is 0 Å². The van der Waals surface area contributed by atoms with Gasteiger partial charge in [0.05, 0.1) is 19.8 Å². The Morgan fingerprint density at radius 2 is 1.23 bits per heavy atom. The van der Waals surface area contributed by atoms with E-state index >= 15 is 0 Å². The monoisotopic (exact) mass is 363 g/mol. The zero-order valence-electron chi connectivity index (χ0n) is 14.9. The lowest BCUT2D eigenvalue weighted by Crippen LogP contribution is -2.34. The quantitative estimate of drug-likeness (QED) is 0.244. The van der Waals surface area contributed by atoms with Gasteiger partial charge in [-0.05, 0) is 32.9 Å². The molecule has 140 valence electrons. The Kier molecular flexibility index (Phi) is 8.56. The molecule has 1 aromatic rings. The van der Waals surface area contributed by atoms with Crippen LogP contribution in [0.3, 0.4) is 0 Å². The van der Waals surface area contributed by atoms with E-state index in [0.717, 1.165) is 0 Å². The van der Waals surface area contributed by atoms with E-state index in [1.165, 1.54) is 26.0 Å². The Labute approximate surface area is 151 Å². The number of carbonyl (C=O) groups is 4. The molecule has 0 aliphatic carbocycles. The highest BCUT2D eigenvalue weighted by atomic mass is 16.6. The number of nitrogens with one attached hydrogen (secondary N) is 1. The summed E-state index contributed by atoms with van der Waals surface area (Å²) in [6.07, 6.45) is 0. The molecular weight excluding hydrogens is 342 g/mol. The molecule has 1 aromatic carbocycles. The largest absolute Gasteiger partial charge is 0.462 e. The van der Waals surface area contributed by atoms with Gasteiger partial charge in [-0.2, -0.15) is 0 Å². The Hall–Kier alpha value is -3.16. The van der Waals surface area contributed by atoms with Crippen LogP contribution in [-0.4, -0.2) is 43.6 Å². The van der Waals surface area contributed by atoms with E-state index in [1.807, 2.05) is 0 Å². The number of esters is 3. The Bertz CT molecular complexity index is 675. The van der Waals surface area contributed by atoms with Crippen LogP contribution in [-0.2, 0) is 28.6 Å². The smallest absolute Gasteiger partial charge is 0.356 e. The molecule has 0 bridgehead atoms. The molecule has 0 unspecified atom stereocenters. The molecule has 26 heavy (non-hydrogen) atoms. The highest BCUT2D eigenvalue weighted by molar-refractivity contribution is 6.20. The first kappa shape index (κ1) is 20.9. The maximum Gasteiger partial charge on any atom is 0.356 e. The first-order chi connectivity index (χ1) is 12.5. The van der Waals surface area contributed by atoms with E-state index in [0.29, 0.717) is 0 Å². The van der Waals surface area contributed by atoms with E-state index in [9.17, 15) is 19.2 Å². The lowest BCUT2D eigenvalue weighted by molar-refractivity contribution is -0.148. The molecule has 8 heteroatoms. The van der Waals surface area contributed by atoms with Crippen LogP contribution >= 0.6 is 0 Å². The summed E-state index contributed by atoms with van der Waals surface area (Å²) >= 11 is 0. The van der Waals surface area contributed by atoms with Crippen LogP contribution < -0.4 is 5.32 Å². The maximum atomic E-state index is 12.4. The van der Waals surface area contributed by atoms with Crippen molar-refractivity contribution >= 4 is 23.8 Å². The van der Waals surface area contributed by atoms with Gasteiger partial charge in [0.15, 0.2) is 5.57 Å². The number of benzene rings is 1. The van der Waals surface area contributed by atoms with E-state index in [1.54, 1.807) is 25.1 Å². The van der Waals surface area contributed by atoms with Crippen molar-refractivity contribution in [1.29, 1.82) is 0 Å². The van der Waals surface area contributed by atoms with Gasteiger partial charge in [-0.1, -0.05) is 18.2 Å². The van der Waals surface area contributed by atoms with Crippen molar-refractivity contribution in [3.8, 4) is 0 Å². The molecule has 0 aromatic heterocycles. The van der Waals surface area contributed by atoms with Gasteiger partial charge in [-0.25, -0.2) is 14.4 Å². The molecule has 0 aliphatic heterocycles. The molecule has 8 nitrogen and oxygen atoms in total. The third-order valence-corrected chi connectivity index (χ3v) is 2.96. The van der Waals surface area contributed by atoms with Crippen LogP contribution in [0.4, 0.5) is 0 Å².